The highest BCUT2D eigenvalue weighted by molar-refractivity contribution is 7.81. The zero-order chi connectivity index (χ0) is 15.5. The van der Waals surface area contributed by atoms with Crippen LogP contribution < -0.4 is 5.32 Å². The van der Waals surface area contributed by atoms with Gasteiger partial charge >= 0.3 is 0 Å². The van der Waals surface area contributed by atoms with Gasteiger partial charge < -0.3 is 10.3 Å². The monoisotopic (exact) mass is 331 g/mol. The number of aromatic nitrogens is 3. The maximum absolute atomic E-state index is 10.8. The Bertz CT molecular complexity index is 829. The molecule has 1 aromatic carbocycles. The van der Waals surface area contributed by atoms with Crippen LogP contribution in [-0.2, 0) is 0 Å². The molecule has 0 aliphatic carbocycles. The number of nitro groups is 1. The van der Waals surface area contributed by atoms with Gasteiger partial charge in [-0.05, 0) is 0 Å². The first-order valence-corrected chi connectivity index (χ1v) is 7.43. The Morgan fingerprint density at radius 3 is 3.05 bits per heavy atom. The van der Waals surface area contributed by atoms with Crippen molar-refractivity contribution in [1.29, 1.82) is 0 Å². The molecule has 0 bridgehead atoms. The number of nitrogens with one attached hydrogen (secondary N) is 2. The Morgan fingerprint density at radius 1 is 1.45 bits per heavy atom. The lowest BCUT2D eigenvalue weighted by molar-refractivity contribution is -0.384. The fourth-order valence-corrected chi connectivity index (χ4v) is 2.79. The predicted molar refractivity (Wildman–Crippen MR) is 88.1 cm³/mol. The minimum Gasteiger partial charge on any atom is -0.350 e. The molecule has 0 saturated carbocycles. The Balaban J connectivity index is 1.80. The number of imidazole rings is 1. The molecule has 0 unspecified atom stereocenters. The van der Waals surface area contributed by atoms with Crippen LogP contribution in [0.3, 0.4) is 0 Å². The molecule has 0 saturated heterocycles. The van der Waals surface area contributed by atoms with E-state index in [-0.39, 0.29) is 5.69 Å². The summed E-state index contributed by atoms with van der Waals surface area (Å²) in [5.41, 5.74) is 2.00. The third-order valence-electron chi connectivity index (χ3n) is 2.81. The molecule has 3 rings (SSSR count). The number of anilines is 1. The van der Waals surface area contributed by atoms with E-state index in [9.17, 15) is 10.1 Å². The van der Waals surface area contributed by atoms with Gasteiger partial charge in [0.2, 0.25) is 0 Å². The third kappa shape index (κ3) is 3.00. The van der Waals surface area contributed by atoms with Crippen molar-refractivity contribution in [3.63, 3.8) is 0 Å². The number of non-ortho nitro benzene ring substituents is 1. The standard InChI is InChI=1S/C13H9N5O2S2/c19-18(20)9-3-1-2-8(4-9)11-6-22-13(16-11)17-12(21)10-5-14-7-15-10/h1-7H,(H,14,15)(H,16,17,21). The van der Waals surface area contributed by atoms with E-state index >= 15 is 0 Å². The van der Waals surface area contributed by atoms with Crippen molar-refractivity contribution >= 4 is 39.4 Å². The van der Waals surface area contributed by atoms with Crippen LogP contribution in [-0.4, -0.2) is 24.9 Å². The Labute approximate surface area is 134 Å². The molecule has 0 atom stereocenters. The minimum atomic E-state index is -0.429. The summed E-state index contributed by atoms with van der Waals surface area (Å²) in [6.07, 6.45) is 3.23. The van der Waals surface area contributed by atoms with E-state index in [4.69, 9.17) is 12.2 Å². The van der Waals surface area contributed by atoms with Gasteiger partial charge in [0, 0.05) is 29.3 Å². The molecule has 2 N–H and O–H groups in total. The number of thiazole rings is 1. The molecule has 0 aliphatic heterocycles. The van der Waals surface area contributed by atoms with Gasteiger partial charge in [-0.25, -0.2) is 9.97 Å². The number of rotatable bonds is 4. The molecule has 0 amide bonds. The number of benzene rings is 1. The van der Waals surface area contributed by atoms with Crippen molar-refractivity contribution in [2.45, 2.75) is 0 Å². The lowest BCUT2D eigenvalue weighted by atomic mass is 10.1. The summed E-state index contributed by atoms with van der Waals surface area (Å²) in [7, 11) is 0. The van der Waals surface area contributed by atoms with Crippen LogP contribution in [0.1, 0.15) is 5.69 Å². The summed E-state index contributed by atoms with van der Waals surface area (Å²) < 4.78 is 0. The lowest BCUT2D eigenvalue weighted by Gasteiger charge is -2.00. The van der Waals surface area contributed by atoms with Gasteiger partial charge in [0.05, 0.1) is 16.9 Å². The number of aromatic amines is 1. The second-order valence-electron chi connectivity index (χ2n) is 4.25. The van der Waals surface area contributed by atoms with Gasteiger partial charge in [0.15, 0.2) is 5.13 Å². The van der Waals surface area contributed by atoms with Crippen molar-refractivity contribution in [1.82, 2.24) is 15.0 Å². The largest absolute Gasteiger partial charge is 0.350 e. The fraction of sp³-hybridized carbons (Fsp3) is 0. The summed E-state index contributed by atoms with van der Waals surface area (Å²) >= 11 is 6.59. The van der Waals surface area contributed by atoms with Gasteiger partial charge in [-0.1, -0.05) is 24.4 Å². The number of hydrogen-bond acceptors (Lipinski definition) is 6. The molecule has 0 spiro atoms. The summed E-state index contributed by atoms with van der Waals surface area (Å²) in [6, 6.07) is 6.35. The summed E-state index contributed by atoms with van der Waals surface area (Å²) in [4.78, 5) is 22.1. The zero-order valence-corrected chi connectivity index (χ0v) is 12.6. The third-order valence-corrected chi connectivity index (χ3v) is 3.88. The summed E-state index contributed by atoms with van der Waals surface area (Å²) in [5.74, 6) is 0. The number of H-pyrrole nitrogens is 1. The first-order chi connectivity index (χ1) is 10.6. The highest BCUT2D eigenvalue weighted by Gasteiger charge is 2.11. The first kappa shape index (κ1) is 14.3. The molecule has 0 radical (unpaired) electrons. The predicted octanol–water partition coefficient (Wildman–Crippen LogP) is 3.23. The van der Waals surface area contributed by atoms with Gasteiger partial charge in [-0.3, -0.25) is 10.1 Å². The molecule has 0 aliphatic rings. The van der Waals surface area contributed by atoms with E-state index < -0.39 is 4.92 Å². The number of nitrogens with zero attached hydrogens (tertiary/aromatic N) is 3. The van der Waals surface area contributed by atoms with E-state index in [2.05, 4.69) is 20.3 Å². The molecular weight excluding hydrogens is 322 g/mol. The van der Waals surface area contributed by atoms with Crippen LogP contribution in [0.25, 0.3) is 11.3 Å². The quantitative estimate of drug-likeness (QED) is 0.433. The van der Waals surface area contributed by atoms with Crippen LogP contribution in [0.4, 0.5) is 10.8 Å². The van der Waals surface area contributed by atoms with Crippen molar-refractivity contribution in [3.05, 3.63) is 58.0 Å². The van der Waals surface area contributed by atoms with Crippen molar-refractivity contribution in [2.24, 2.45) is 0 Å². The molecule has 0 fully saturated rings. The molecule has 110 valence electrons. The van der Waals surface area contributed by atoms with Crippen LogP contribution in [0, 0.1) is 10.1 Å². The van der Waals surface area contributed by atoms with Crippen molar-refractivity contribution < 1.29 is 4.92 Å². The van der Waals surface area contributed by atoms with E-state index in [1.807, 2.05) is 5.38 Å². The molecule has 3 aromatic rings. The van der Waals surface area contributed by atoms with Gasteiger partial charge in [0.1, 0.15) is 10.7 Å². The normalized spacial score (nSPS) is 10.4. The molecule has 2 aromatic heterocycles. The maximum atomic E-state index is 10.8. The summed E-state index contributed by atoms with van der Waals surface area (Å²) in [5, 5.41) is 16.2. The second-order valence-corrected chi connectivity index (χ2v) is 5.52. The minimum absolute atomic E-state index is 0.0343. The van der Waals surface area contributed by atoms with E-state index in [0.29, 0.717) is 27.1 Å². The second kappa shape index (κ2) is 6.00. The van der Waals surface area contributed by atoms with Crippen molar-refractivity contribution in [3.8, 4) is 11.3 Å². The van der Waals surface area contributed by atoms with Gasteiger partial charge in [0.25, 0.3) is 5.69 Å². The number of thiocarbonyl (C=S) groups is 1. The summed E-state index contributed by atoms with van der Waals surface area (Å²) in [6.45, 7) is 0. The Kier molecular flexibility index (Phi) is 3.90. The van der Waals surface area contributed by atoms with Crippen LogP contribution in [0.2, 0.25) is 0 Å². The fourth-order valence-electron chi connectivity index (χ4n) is 1.79. The van der Waals surface area contributed by atoms with Crippen molar-refractivity contribution in [2.75, 3.05) is 5.32 Å². The molecular formula is C13H9N5O2S2. The highest BCUT2D eigenvalue weighted by atomic mass is 32.1. The van der Waals surface area contributed by atoms with Crippen LogP contribution >= 0.6 is 23.6 Å². The van der Waals surface area contributed by atoms with Crippen LogP contribution in [0.15, 0.2) is 42.2 Å². The number of nitro benzene ring substituents is 1. The average Bonchev–Trinajstić information content (AvgIpc) is 3.19. The van der Waals surface area contributed by atoms with E-state index in [0.717, 1.165) is 0 Å². The Hall–Kier alpha value is -2.65. The Morgan fingerprint density at radius 2 is 2.32 bits per heavy atom. The number of hydrogen-bond donors (Lipinski definition) is 2. The first-order valence-electron chi connectivity index (χ1n) is 6.14. The van der Waals surface area contributed by atoms with Gasteiger partial charge in [-0.2, -0.15) is 0 Å². The van der Waals surface area contributed by atoms with Gasteiger partial charge in [-0.15, -0.1) is 11.3 Å². The zero-order valence-electron chi connectivity index (χ0n) is 11.0. The van der Waals surface area contributed by atoms with Crippen LogP contribution in [0.5, 0.6) is 0 Å². The highest BCUT2D eigenvalue weighted by Crippen LogP contribution is 2.27. The molecule has 7 nitrogen and oxygen atoms in total. The average molecular weight is 331 g/mol. The maximum Gasteiger partial charge on any atom is 0.270 e. The van der Waals surface area contributed by atoms with E-state index in [1.54, 1.807) is 24.7 Å². The molecule has 9 heteroatoms. The topological polar surface area (TPSA) is 96.7 Å². The lowest BCUT2D eigenvalue weighted by Crippen LogP contribution is -2.10. The molecule has 22 heavy (non-hydrogen) atoms. The SMILES string of the molecule is O=[N+]([O-])c1cccc(-c2csc(NC(=S)c3c[nH]cn3)n2)c1. The smallest absolute Gasteiger partial charge is 0.270 e. The van der Waals surface area contributed by atoms with E-state index in [1.165, 1.54) is 23.5 Å². The molecule has 2 heterocycles.